The molecule has 0 bridgehead atoms. The summed E-state index contributed by atoms with van der Waals surface area (Å²) in [6.07, 6.45) is 6.18. The summed E-state index contributed by atoms with van der Waals surface area (Å²) < 4.78 is 0. The molecule has 0 fully saturated rings. The Morgan fingerprint density at radius 1 is 1.00 bits per heavy atom. The Labute approximate surface area is 138 Å². The Kier molecular flexibility index (Phi) is 10.8. The smallest absolute Gasteiger partial charge is 0.127 e. The van der Waals surface area contributed by atoms with Crippen molar-refractivity contribution in [1.82, 2.24) is 0 Å². The van der Waals surface area contributed by atoms with Crippen LogP contribution in [0.2, 0.25) is 0 Å². The van der Waals surface area contributed by atoms with Crippen LogP contribution in [-0.4, -0.2) is 21.9 Å². The maximum Gasteiger partial charge on any atom is 0.127 e. The van der Waals surface area contributed by atoms with Crippen LogP contribution in [0.3, 0.4) is 0 Å². The van der Waals surface area contributed by atoms with Crippen LogP contribution in [0.25, 0.3) is 0 Å². The molecule has 2 nitrogen and oxygen atoms in total. The molecule has 0 aliphatic heterocycles. The Balaban J connectivity index is 4.68. The van der Waals surface area contributed by atoms with Crippen molar-refractivity contribution in [2.24, 2.45) is 17.8 Å². The van der Waals surface area contributed by atoms with Crippen molar-refractivity contribution in [2.45, 2.75) is 98.2 Å². The minimum atomic E-state index is -0.978. The van der Waals surface area contributed by atoms with Gasteiger partial charge in [0.05, 0.1) is 0 Å². The van der Waals surface area contributed by atoms with E-state index in [1.54, 1.807) is 0 Å². The number of unbranched alkanes of at least 4 members (excludes halogenated alkanes) is 2. The van der Waals surface area contributed by atoms with E-state index in [1.807, 2.05) is 13.8 Å². The van der Waals surface area contributed by atoms with E-state index in [0.717, 1.165) is 32.1 Å². The molecule has 0 radical (unpaired) electrons. The third kappa shape index (κ3) is 8.20. The Morgan fingerprint density at radius 3 is 2.09 bits per heavy atom. The lowest BCUT2D eigenvalue weighted by atomic mass is 9.80. The summed E-state index contributed by atoms with van der Waals surface area (Å²) in [7, 11) is 0. The summed E-state index contributed by atoms with van der Waals surface area (Å²) >= 11 is 0. The molecule has 0 amide bonds. The van der Waals surface area contributed by atoms with E-state index in [-0.39, 0.29) is 5.92 Å². The zero-order valence-electron chi connectivity index (χ0n) is 15.7. The van der Waals surface area contributed by atoms with E-state index < -0.39 is 11.7 Å². The monoisotopic (exact) mass is 310 g/mol. The summed E-state index contributed by atoms with van der Waals surface area (Å²) in [4.78, 5) is 0. The van der Waals surface area contributed by atoms with E-state index in [1.165, 1.54) is 0 Å². The van der Waals surface area contributed by atoms with Gasteiger partial charge in [-0.2, -0.15) is 0 Å². The first-order valence-electron chi connectivity index (χ1n) is 9.19. The van der Waals surface area contributed by atoms with Crippen LogP contribution in [0.15, 0.2) is 0 Å². The average Bonchev–Trinajstić information content (AvgIpc) is 2.45. The summed E-state index contributed by atoms with van der Waals surface area (Å²) in [5.74, 6) is 7.22. The topological polar surface area (TPSA) is 40.5 Å². The third-order valence-electron chi connectivity index (χ3n) is 4.85. The van der Waals surface area contributed by atoms with Gasteiger partial charge in [-0.1, -0.05) is 72.6 Å². The van der Waals surface area contributed by atoms with Crippen molar-refractivity contribution in [3.05, 3.63) is 0 Å². The van der Waals surface area contributed by atoms with Gasteiger partial charge in [0.25, 0.3) is 0 Å². The normalized spacial score (nSPS) is 17.0. The minimum absolute atomic E-state index is 0.0764. The van der Waals surface area contributed by atoms with Crippen LogP contribution < -0.4 is 0 Å². The fraction of sp³-hybridized carbons (Fsp3) is 0.900. The molecular formula is C20H38O2. The van der Waals surface area contributed by atoms with Gasteiger partial charge >= 0.3 is 0 Å². The summed E-state index contributed by atoms with van der Waals surface area (Å²) in [6, 6.07) is 0. The SMILES string of the molecule is CCCCCC(O)C#CC(O)(CCC(CC)C(C)C)C(C)C. The second kappa shape index (κ2) is 11.1. The minimum Gasteiger partial charge on any atom is -0.380 e. The molecule has 0 saturated carbocycles. The largest absolute Gasteiger partial charge is 0.380 e. The molecule has 0 aromatic carbocycles. The number of aliphatic hydroxyl groups is 2. The van der Waals surface area contributed by atoms with Gasteiger partial charge in [-0.3, -0.25) is 0 Å². The van der Waals surface area contributed by atoms with E-state index in [0.29, 0.717) is 24.7 Å². The highest BCUT2D eigenvalue weighted by Gasteiger charge is 2.30. The van der Waals surface area contributed by atoms with Gasteiger partial charge in [0, 0.05) is 0 Å². The van der Waals surface area contributed by atoms with Crippen molar-refractivity contribution >= 4 is 0 Å². The molecule has 0 aromatic rings. The van der Waals surface area contributed by atoms with Gasteiger partial charge in [-0.05, 0) is 43.4 Å². The molecule has 2 heteroatoms. The zero-order chi connectivity index (χ0) is 17.2. The molecule has 2 N–H and O–H groups in total. The molecule has 0 aromatic heterocycles. The fourth-order valence-corrected chi connectivity index (χ4v) is 2.78. The summed E-state index contributed by atoms with van der Waals surface area (Å²) in [5, 5.41) is 20.8. The zero-order valence-corrected chi connectivity index (χ0v) is 15.7. The molecule has 0 spiro atoms. The molecular weight excluding hydrogens is 272 g/mol. The van der Waals surface area contributed by atoms with Crippen molar-refractivity contribution in [2.75, 3.05) is 0 Å². The molecule has 0 rings (SSSR count). The highest BCUT2D eigenvalue weighted by atomic mass is 16.3. The molecule has 0 aliphatic rings. The van der Waals surface area contributed by atoms with Crippen molar-refractivity contribution in [3.8, 4) is 11.8 Å². The van der Waals surface area contributed by atoms with Crippen molar-refractivity contribution < 1.29 is 10.2 Å². The Hall–Kier alpha value is -0.520. The quantitative estimate of drug-likeness (QED) is 0.450. The Bertz CT molecular complexity index is 337. The van der Waals surface area contributed by atoms with E-state index in [2.05, 4.69) is 39.5 Å². The Morgan fingerprint density at radius 2 is 1.64 bits per heavy atom. The summed E-state index contributed by atoms with van der Waals surface area (Å²) in [6.45, 7) is 12.9. The fourth-order valence-electron chi connectivity index (χ4n) is 2.78. The first-order valence-corrected chi connectivity index (χ1v) is 9.19. The first-order chi connectivity index (χ1) is 10.3. The van der Waals surface area contributed by atoms with E-state index in [9.17, 15) is 10.2 Å². The average molecular weight is 311 g/mol. The van der Waals surface area contributed by atoms with Crippen LogP contribution in [0.1, 0.15) is 86.5 Å². The summed E-state index contributed by atoms with van der Waals surface area (Å²) in [5.41, 5.74) is -0.978. The molecule has 22 heavy (non-hydrogen) atoms. The number of hydrogen-bond donors (Lipinski definition) is 2. The van der Waals surface area contributed by atoms with Crippen LogP contribution in [0.5, 0.6) is 0 Å². The highest BCUT2D eigenvalue weighted by molar-refractivity contribution is 5.17. The van der Waals surface area contributed by atoms with Crippen LogP contribution in [0.4, 0.5) is 0 Å². The van der Waals surface area contributed by atoms with E-state index >= 15 is 0 Å². The lowest BCUT2D eigenvalue weighted by molar-refractivity contribution is 0.0353. The molecule has 130 valence electrons. The standard InChI is InChI=1S/C20H38O2/c1-7-9-10-11-19(21)13-15-20(22,17(5)6)14-12-18(8-2)16(3)4/h16-19,21-22H,7-12,14H2,1-6H3. The van der Waals surface area contributed by atoms with Crippen LogP contribution in [-0.2, 0) is 0 Å². The van der Waals surface area contributed by atoms with Crippen molar-refractivity contribution in [1.29, 1.82) is 0 Å². The van der Waals surface area contributed by atoms with Crippen LogP contribution in [0, 0.1) is 29.6 Å². The van der Waals surface area contributed by atoms with Crippen molar-refractivity contribution in [3.63, 3.8) is 0 Å². The third-order valence-corrected chi connectivity index (χ3v) is 4.85. The van der Waals surface area contributed by atoms with Crippen LogP contribution >= 0.6 is 0 Å². The molecule has 3 atom stereocenters. The highest BCUT2D eigenvalue weighted by Crippen LogP contribution is 2.28. The molecule has 3 unspecified atom stereocenters. The van der Waals surface area contributed by atoms with E-state index in [4.69, 9.17) is 0 Å². The number of rotatable bonds is 10. The lowest BCUT2D eigenvalue weighted by Gasteiger charge is -2.29. The predicted molar refractivity (Wildman–Crippen MR) is 95.6 cm³/mol. The first kappa shape index (κ1) is 21.5. The van der Waals surface area contributed by atoms with Gasteiger partial charge in [-0.15, -0.1) is 0 Å². The van der Waals surface area contributed by atoms with Gasteiger partial charge < -0.3 is 10.2 Å². The van der Waals surface area contributed by atoms with Gasteiger partial charge in [-0.25, -0.2) is 0 Å². The number of aliphatic hydroxyl groups excluding tert-OH is 1. The molecule has 0 aliphatic carbocycles. The van der Waals surface area contributed by atoms with Gasteiger partial charge in [0.15, 0.2) is 0 Å². The predicted octanol–water partition coefficient (Wildman–Crippen LogP) is 4.78. The van der Waals surface area contributed by atoms with Gasteiger partial charge in [0.1, 0.15) is 11.7 Å². The van der Waals surface area contributed by atoms with Gasteiger partial charge in [0.2, 0.25) is 0 Å². The molecule has 0 saturated heterocycles. The molecule has 0 heterocycles. The number of hydrogen-bond acceptors (Lipinski definition) is 2. The second-order valence-corrected chi connectivity index (χ2v) is 7.31. The lowest BCUT2D eigenvalue weighted by Crippen LogP contribution is -2.34. The maximum absolute atomic E-state index is 10.9. The maximum atomic E-state index is 10.9. The second-order valence-electron chi connectivity index (χ2n) is 7.31.